The van der Waals surface area contributed by atoms with E-state index in [-0.39, 0.29) is 11.8 Å². The van der Waals surface area contributed by atoms with Crippen LogP contribution in [0.25, 0.3) is 0 Å². The number of nitrogens with zero attached hydrogens (tertiary/aromatic N) is 3. The Bertz CT molecular complexity index is 428. The zero-order valence-electron chi connectivity index (χ0n) is 11.4. The summed E-state index contributed by atoms with van der Waals surface area (Å²) in [7, 11) is 3.41. The van der Waals surface area contributed by atoms with Gasteiger partial charge >= 0.3 is 0 Å². The van der Waals surface area contributed by atoms with E-state index in [4.69, 9.17) is 16.3 Å². The lowest BCUT2D eigenvalue weighted by atomic mass is 10.3. The molecule has 1 amide bonds. The third-order valence-corrected chi connectivity index (χ3v) is 2.82. The molecule has 1 aromatic rings. The van der Waals surface area contributed by atoms with E-state index in [1.54, 1.807) is 0 Å². The number of carbonyl (C=O) groups excluding carboxylic acids is 1. The van der Waals surface area contributed by atoms with E-state index in [0.717, 1.165) is 19.4 Å². The van der Waals surface area contributed by atoms with Gasteiger partial charge in [-0.1, -0.05) is 13.3 Å². The molecule has 0 aromatic carbocycles. The van der Waals surface area contributed by atoms with Crippen molar-refractivity contribution in [2.24, 2.45) is 0 Å². The number of ether oxygens (including phenoxy) is 1. The molecule has 0 fully saturated rings. The monoisotopic (exact) mass is 286 g/mol. The van der Waals surface area contributed by atoms with Gasteiger partial charge in [-0.15, -0.1) is 11.6 Å². The molecule has 1 aromatic heterocycles. The second kappa shape index (κ2) is 7.78. The van der Waals surface area contributed by atoms with Gasteiger partial charge in [-0.3, -0.25) is 4.79 Å². The topological polar surface area (TPSA) is 67.3 Å². The standard InChI is InChI=1S/C12H19ClN4O2/c1-4-5-6-17(2)11-10(16-9(18)7-13)12(19-3)15-8-14-11/h8H,4-7H2,1-3H3,(H,16,18). The molecule has 0 radical (unpaired) electrons. The van der Waals surface area contributed by atoms with Crippen LogP contribution in [0, 0.1) is 0 Å². The zero-order valence-corrected chi connectivity index (χ0v) is 12.2. The van der Waals surface area contributed by atoms with Crippen LogP contribution in [0.15, 0.2) is 6.33 Å². The Hall–Kier alpha value is -1.56. The Morgan fingerprint density at radius 1 is 1.53 bits per heavy atom. The molecule has 1 N–H and O–H groups in total. The van der Waals surface area contributed by atoms with E-state index in [1.807, 2.05) is 11.9 Å². The van der Waals surface area contributed by atoms with Crippen molar-refractivity contribution in [3.05, 3.63) is 6.33 Å². The van der Waals surface area contributed by atoms with Crippen LogP contribution in [-0.2, 0) is 4.79 Å². The number of methoxy groups -OCH3 is 1. The van der Waals surface area contributed by atoms with Crippen LogP contribution in [-0.4, -0.2) is 42.5 Å². The van der Waals surface area contributed by atoms with Gasteiger partial charge in [0.1, 0.15) is 17.9 Å². The Balaban J connectivity index is 3.04. The molecule has 0 aliphatic carbocycles. The lowest BCUT2D eigenvalue weighted by Crippen LogP contribution is -2.23. The maximum Gasteiger partial charge on any atom is 0.242 e. The molecule has 0 aliphatic rings. The van der Waals surface area contributed by atoms with E-state index < -0.39 is 0 Å². The predicted octanol–water partition coefficient (Wildman–Crippen LogP) is 1.90. The first-order chi connectivity index (χ1) is 9.13. The normalized spacial score (nSPS) is 10.1. The number of rotatable bonds is 7. The van der Waals surface area contributed by atoms with Crippen molar-refractivity contribution in [1.29, 1.82) is 0 Å². The van der Waals surface area contributed by atoms with Gasteiger partial charge in [0, 0.05) is 13.6 Å². The number of amides is 1. The number of anilines is 2. The van der Waals surface area contributed by atoms with Crippen LogP contribution in [0.3, 0.4) is 0 Å². The number of carbonyl (C=O) groups is 1. The molecule has 0 bridgehead atoms. The fraction of sp³-hybridized carbons (Fsp3) is 0.583. The number of unbranched alkanes of at least 4 members (excludes halogenated alkanes) is 1. The number of nitrogens with one attached hydrogen (secondary N) is 1. The molecule has 6 nitrogen and oxygen atoms in total. The number of hydrogen-bond acceptors (Lipinski definition) is 5. The van der Waals surface area contributed by atoms with Crippen LogP contribution in [0.1, 0.15) is 19.8 Å². The molecule has 1 heterocycles. The van der Waals surface area contributed by atoms with Crippen molar-refractivity contribution < 1.29 is 9.53 Å². The Morgan fingerprint density at radius 2 is 2.26 bits per heavy atom. The average molecular weight is 287 g/mol. The van der Waals surface area contributed by atoms with Gasteiger partial charge in [-0.2, -0.15) is 4.98 Å². The fourth-order valence-electron chi connectivity index (χ4n) is 1.59. The second-order valence-corrected chi connectivity index (χ2v) is 4.31. The van der Waals surface area contributed by atoms with Crippen LogP contribution in [0.2, 0.25) is 0 Å². The summed E-state index contributed by atoms with van der Waals surface area (Å²) in [5.74, 6) is 0.501. The number of hydrogen-bond donors (Lipinski definition) is 1. The molecule has 0 atom stereocenters. The van der Waals surface area contributed by atoms with Gasteiger partial charge in [0.15, 0.2) is 5.82 Å². The smallest absolute Gasteiger partial charge is 0.242 e. The van der Waals surface area contributed by atoms with E-state index in [0.29, 0.717) is 17.4 Å². The van der Waals surface area contributed by atoms with Crippen molar-refractivity contribution in [1.82, 2.24) is 9.97 Å². The highest BCUT2D eigenvalue weighted by atomic mass is 35.5. The van der Waals surface area contributed by atoms with Crippen molar-refractivity contribution in [2.45, 2.75) is 19.8 Å². The van der Waals surface area contributed by atoms with Gasteiger partial charge in [-0.25, -0.2) is 4.98 Å². The maximum absolute atomic E-state index is 11.5. The first-order valence-corrected chi connectivity index (χ1v) is 6.63. The quantitative estimate of drug-likeness (QED) is 0.776. The summed E-state index contributed by atoms with van der Waals surface area (Å²) in [6.07, 6.45) is 3.52. The first-order valence-electron chi connectivity index (χ1n) is 6.10. The van der Waals surface area contributed by atoms with E-state index >= 15 is 0 Å². The Labute approximate surface area is 118 Å². The largest absolute Gasteiger partial charge is 0.479 e. The van der Waals surface area contributed by atoms with E-state index in [1.165, 1.54) is 13.4 Å². The van der Waals surface area contributed by atoms with Crippen LogP contribution in [0.4, 0.5) is 11.5 Å². The minimum atomic E-state index is -0.320. The molecule has 7 heteroatoms. The minimum Gasteiger partial charge on any atom is -0.479 e. The molecule has 0 unspecified atom stereocenters. The maximum atomic E-state index is 11.5. The lowest BCUT2D eigenvalue weighted by molar-refractivity contribution is -0.113. The van der Waals surface area contributed by atoms with Crippen LogP contribution < -0.4 is 15.0 Å². The van der Waals surface area contributed by atoms with Crippen molar-refractivity contribution in [3.63, 3.8) is 0 Å². The van der Waals surface area contributed by atoms with Crippen molar-refractivity contribution >= 4 is 29.0 Å². The summed E-state index contributed by atoms with van der Waals surface area (Å²) < 4.78 is 5.15. The van der Waals surface area contributed by atoms with Gasteiger partial charge in [-0.05, 0) is 6.42 Å². The second-order valence-electron chi connectivity index (χ2n) is 4.04. The average Bonchev–Trinajstić information content (AvgIpc) is 2.44. The van der Waals surface area contributed by atoms with Crippen LogP contribution in [0.5, 0.6) is 5.88 Å². The van der Waals surface area contributed by atoms with Crippen molar-refractivity contribution in [3.8, 4) is 5.88 Å². The number of alkyl halides is 1. The molecule has 0 saturated carbocycles. The summed E-state index contributed by atoms with van der Waals surface area (Å²) >= 11 is 5.51. The fourth-order valence-corrected chi connectivity index (χ4v) is 1.66. The number of halogens is 1. The first kappa shape index (κ1) is 15.5. The minimum absolute atomic E-state index is 0.129. The molecule has 19 heavy (non-hydrogen) atoms. The highest BCUT2D eigenvalue weighted by Crippen LogP contribution is 2.30. The van der Waals surface area contributed by atoms with Gasteiger partial charge in [0.2, 0.25) is 11.8 Å². The third-order valence-electron chi connectivity index (χ3n) is 2.58. The zero-order chi connectivity index (χ0) is 14.3. The Kier molecular flexibility index (Phi) is 6.35. The highest BCUT2D eigenvalue weighted by Gasteiger charge is 2.17. The highest BCUT2D eigenvalue weighted by molar-refractivity contribution is 6.29. The summed E-state index contributed by atoms with van der Waals surface area (Å²) in [5, 5.41) is 2.67. The van der Waals surface area contributed by atoms with E-state index in [9.17, 15) is 4.79 Å². The summed E-state index contributed by atoms with van der Waals surface area (Å²) in [4.78, 5) is 21.6. The predicted molar refractivity (Wildman–Crippen MR) is 76.1 cm³/mol. The van der Waals surface area contributed by atoms with E-state index in [2.05, 4.69) is 22.2 Å². The van der Waals surface area contributed by atoms with Crippen LogP contribution >= 0.6 is 11.6 Å². The molecular weight excluding hydrogens is 268 g/mol. The third kappa shape index (κ3) is 4.24. The Morgan fingerprint density at radius 3 is 2.84 bits per heavy atom. The molecule has 0 saturated heterocycles. The summed E-state index contributed by atoms with van der Waals surface area (Å²) in [6, 6.07) is 0. The van der Waals surface area contributed by atoms with Gasteiger partial charge in [0.05, 0.1) is 7.11 Å². The molecule has 0 spiro atoms. The molecule has 106 valence electrons. The summed E-state index contributed by atoms with van der Waals surface area (Å²) in [6.45, 7) is 2.95. The number of aromatic nitrogens is 2. The lowest BCUT2D eigenvalue weighted by Gasteiger charge is -2.21. The molecule has 1 rings (SSSR count). The van der Waals surface area contributed by atoms with Gasteiger partial charge in [0.25, 0.3) is 0 Å². The van der Waals surface area contributed by atoms with Gasteiger partial charge < -0.3 is 15.0 Å². The SMILES string of the molecule is CCCCN(C)c1ncnc(OC)c1NC(=O)CCl. The molecule has 0 aliphatic heterocycles. The van der Waals surface area contributed by atoms with Crippen molar-refractivity contribution in [2.75, 3.05) is 36.8 Å². The molecular formula is C12H19ClN4O2. The summed E-state index contributed by atoms with van der Waals surface area (Å²) in [5.41, 5.74) is 0.453.